The summed E-state index contributed by atoms with van der Waals surface area (Å²) in [4.78, 5) is 23.2. The van der Waals surface area contributed by atoms with Gasteiger partial charge >= 0.3 is 7.82 Å². The predicted octanol–water partition coefficient (Wildman–Crippen LogP) is 15.9. The number of phosphoric acid groups is 1. The summed E-state index contributed by atoms with van der Waals surface area (Å²) in [5, 5.41) is 13.9. The largest absolute Gasteiger partial charge is 0.472 e. The molecule has 8 nitrogen and oxygen atoms in total. The molecule has 62 heavy (non-hydrogen) atoms. The number of phosphoric ester groups is 1. The monoisotopic (exact) mass is 900 g/mol. The molecule has 0 heterocycles. The molecule has 0 aliphatic carbocycles. The summed E-state index contributed by atoms with van der Waals surface area (Å²) in [6, 6.07) is -0.841. The number of unbranched alkanes of at least 4 members (excludes halogenated alkanes) is 37. The Balaban J connectivity index is 4.21. The normalized spacial score (nSPS) is 14.1. The molecule has 1 unspecified atom stereocenters. The van der Waals surface area contributed by atoms with Crippen molar-refractivity contribution in [1.29, 1.82) is 0 Å². The van der Waals surface area contributed by atoms with Crippen LogP contribution in [-0.4, -0.2) is 73.4 Å². The number of hydrogen-bond donors (Lipinski definition) is 3. The van der Waals surface area contributed by atoms with Gasteiger partial charge in [-0.25, -0.2) is 4.57 Å². The lowest BCUT2D eigenvalue weighted by Gasteiger charge is -2.25. The molecule has 0 aliphatic heterocycles. The van der Waals surface area contributed by atoms with E-state index in [9.17, 15) is 19.4 Å². The van der Waals surface area contributed by atoms with Gasteiger partial charge in [-0.3, -0.25) is 13.8 Å². The quantitative estimate of drug-likeness (QED) is 0.0243. The number of quaternary nitrogens is 1. The fraction of sp³-hybridized carbons (Fsp3) is 0.943. The molecular formula is C53H108N2O6P+. The number of carbonyl (C=O) groups excluding carboxylic acids is 1. The van der Waals surface area contributed by atoms with Crippen LogP contribution in [0.4, 0.5) is 0 Å². The number of carbonyl (C=O) groups is 1. The van der Waals surface area contributed by atoms with Crippen molar-refractivity contribution in [2.24, 2.45) is 0 Å². The summed E-state index contributed by atoms with van der Waals surface area (Å²) in [5.41, 5.74) is 0. The third-order valence-corrected chi connectivity index (χ3v) is 13.5. The summed E-state index contributed by atoms with van der Waals surface area (Å²) in [6.45, 7) is 4.86. The molecule has 0 bridgehead atoms. The van der Waals surface area contributed by atoms with Crippen molar-refractivity contribution in [3.8, 4) is 0 Å². The van der Waals surface area contributed by atoms with Gasteiger partial charge in [0.05, 0.1) is 39.9 Å². The van der Waals surface area contributed by atoms with Crippen LogP contribution in [0.15, 0.2) is 12.2 Å². The van der Waals surface area contributed by atoms with Gasteiger partial charge in [-0.1, -0.05) is 257 Å². The summed E-state index contributed by atoms with van der Waals surface area (Å²) in [6.07, 6.45) is 54.4. The van der Waals surface area contributed by atoms with Gasteiger partial charge in [-0.15, -0.1) is 0 Å². The van der Waals surface area contributed by atoms with Gasteiger partial charge < -0.3 is 19.8 Å². The zero-order valence-corrected chi connectivity index (χ0v) is 43.0. The molecule has 0 saturated carbocycles. The molecule has 0 aliphatic rings. The number of nitrogens with zero attached hydrogens (tertiary/aromatic N) is 1. The van der Waals surface area contributed by atoms with E-state index >= 15 is 0 Å². The average Bonchev–Trinajstić information content (AvgIpc) is 3.23. The van der Waals surface area contributed by atoms with Crippen LogP contribution < -0.4 is 5.32 Å². The first-order valence-corrected chi connectivity index (χ1v) is 28.6. The van der Waals surface area contributed by atoms with Gasteiger partial charge in [0.2, 0.25) is 5.91 Å². The number of hydrogen-bond acceptors (Lipinski definition) is 5. The van der Waals surface area contributed by atoms with Crippen molar-refractivity contribution in [3.05, 3.63) is 12.2 Å². The highest BCUT2D eigenvalue weighted by Gasteiger charge is 2.27. The second kappa shape index (κ2) is 45.4. The van der Waals surface area contributed by atoms with E-state index in [1.807, 2.05) is 27.2 Å². The van der Waals surface area contributed by atoms with Crippen molar-refractivity contribution in [3.63, 3.8) is 0 Å². The summed E-state index contributed by atoms with van der Waals surface area (Å²) in [7, 11) is 1.59. The zero-order valence-electron chi connectivity index (χ0n) is 42.1. The minimum absolute atomic E-state index is 0.0650. The van der Waals surface area contributed by atoms with Crippen molar-refractivity contribution < 1.29 is 32.9 Å². The fourth-order valence-electron chi connectivity index (χ4n) is 8.22. The van der Waals surface area contributed by atoms with Gasteiger partial charge in [0.15, 0.2) is 0 Å². The van der Waals surface area contributed by atoms with Crippen LogP contribution in [0.25, 0.3) is 0 Å². The van der Waals surface area contributed by atoms with E-state index in [0.29, 0.717) is 17.4 Å². The summed E-state index contributed by atoms with van der Waals surface area (Å²) in [5.74, 6) is -0.171. The number of aliphatic hydroxyl groups is 1. The molecule has 0 aromatic rings. The van der Waals surface area contributed by atoms with E-state index in [1.54, 1.807) is 6.08 Å². The average molecular weight is 900 g/mol. The first-order valence-electron chi connectivity index (χ1n) is 27.1. The fourth-order valence-corrected chi connectivity index (χ4v) is 8.96. The molecule has 0 radical (unpaired) electrons. The number of amides is 1. The van der Waals surface area contributed by atoms with Gasteiger partial charge in [0, 0.05) is 6.42 Å². The minimum atomic E-state index is -4.34. The Kier molecular flexibility index (Phi) is 44.8. The molecule has 0 aromatic carbocycles. The third kappa shape index (κ3) is 47.2. The van der Waals surface area contributed by atoms with Crippen LogP contribution >= 0.6 is 7.82 Å². The van der Waals surface area contributed by atoms with Gasteiger partial charge in [-0.2, -0.15) is 0 Å². The molecule has 0 spiro atoms. The van der Waals surface area contributed by atoms with Gasteiger partial charge in [0.25, 0.3) is 0 Å². The molecular weight excluding hydrogens is 792 g/mol. The summed E-state index contributed by atoms with van der Waals surface area (Å²) < 4.78 is 23.7. The molecule has 0 fully saturated rings. The van der Waals surface area contributed by atoms with E-state index in [0.717, 1.165) is 32.1 Å². The predicted molar refractivity (Wildman–Crippen MR) is 268 cm³/mol. The smallest absolute Gasteiger partial charge is 0.387 e. The Labute approximate surface area is 386 Å². The van der Waals surface area contributed by atoms with Crippen LogP contribution in [-0.2, 0) is 18.4 Å². The highest BCUT2D eigenvalue weighted by atomic mass is 31.2. The van der Waals surface area contributed by atoms with E-state index in [1.165, 1.54) is 218 Å². The SMILES string of the molecule is CCCCCCCCCCCCCCCCC/C=C/[C@@H](O)[C@H](COP(=O)(O)OCC[N+](C)(C)C)NC(=O)CCCCCCCCCCCCCCCCCCCCCCCCC. The van der Waals surface area contributed by atoms with Gasteiger partial charge in [0.1, 0.15) is 13.2 Å². The maximum Gasteiger partial charge on any atom is 0.472 e. The van der Waals surface area contributed by atoms with Crippen molar-refractivity contribution in [2.75, 3.05) is 40.9 Å². The molecule has 3 atom stereocenters. The lowest BCUT2D eigenvalue weighted by molar-refractivity contribution is -0.870. The maximum absolute atomic E-state index is 12.9. The van der Waals surface area contributed by atoms with Crippen molar-refractivity contribution in [1.82, 2.24) is 5.32 Å². The van der Waals surface area contributed by atoms with E-state index in [2.05, 4.69) is 19.2 Å². The Morgan fingerprint density at radius 3 is 1.19 bits per heavy atom. The van der Waals surface area contributed by atoms with Crippen molar-refractivity contribution >= 4 is 13.7 Å². The van der Waals surface area contributed by atoms with Crippen LogP contribution in [0.3, 0.4) is 0 Å². The number of rotatable bonds is 50. The molecule has 1 amide bonds. The van der Waals surface area contributed by atoms with Crippen LogP contribution in [0.1, 0.15) is 271 Å². The third-order valence-electron chi connectivity index (χ3n) is 12.5. The highest BCUT2D eigenvalue weighted by Crippen LogP contribution is 2.43. The van der Waals surface area contributed by atoms with E-state index in [4.69, 9.17) is 9.05 Å². The number of allylic oxidation sites excluding steroid dienone is 1. The second-order valence-electron chi connectivity index (χ2n) is 20.0. The highest BCUT2D eigenvalue weighted by molar-refractivity contribution is 7.47. The van der Waals surface area contributed by atoms with Crippen LogP contribution in [0.5, 0.6) is 0 Å². The molecule has 0 aromatic heterocycles. The zero-order chi connectivity index (χ0) is 45.7. The number of likely N-dealkylation sites (N-methyl/N-ethyl adjacent to an activating group) is 1. The Bertz CT molecular complexity index is 1020. The Morgan fingerprint density at radius 2 is 0.855 bits per heavy atom. The maximum atomic E-state index is 12.9. The Hall–Kier alpha value is -0.760. The van der Waals surface area contributed by atoms with Crippen molar-refractivity contribution in [2.45, 2.75) is 283 Å². The molecule has 0 rings (SSSR count). The second-order valence-corrected chi connectivity index (χ2v) is 21.4. The molecule has 3 N–H and O–H groups in total. The van der Waals surface area contributed by atoms with Gasteiger partial charge in [-0.05, 0) is 19.3 Å². The summed E-state index contributed by atoms with van der Waals surface area (Å²) >= 11 is 0. The minimum Gasteiger partial charge on any atom is -0.387 e. The molecule has 9 heteroatoms. The first kappa shape index (κ1) is 61.2. The van der Waals surface area contributed by atoms with E-state index < -0.39 is 20.0 Å². The molecule has 370 valence electrons. The topological polar surface area (TPSA) is 105 Å². The van der Waals surface area contributed by atoms with E-state index in [-0.39, 0.29) is 19.1 Å². The lowest BCUT2D eigenvalue weighted by Crippen LogP contribution is -2.45. The number of aliphatic hydroxyl groups excluding tert-OH is 1. The molecule has 0 saturated heterocycles. The number of nitrogens with one attached hydrogen (secondary N) is 1. The first-order chi connectivity index (χ1) is 30.0. The van der Waals surface area contributed by atoms with Crippen LogP contribution in [0, 0.1) is 0 Å². The standard InChI is InChI=1S/C53H107N2O6P/c1-6-8-10-12-14-16-18-20-22-24-25-26-27-28-29-31-33-35-37-39-41-43-45-47-53(57)54-51(50-61-62(58,59)60-49-48-55(3,4)5)52(56)46-44-42-40-38-36-34-32-30-23-21-19-17-15-13-11-9-7-2/h44,46,51-52,56H,6-43,45,47-50H2,1-5H3,(H-,54,57,58,59)/p+1/b46-44+/t51-,52+/m0/s1. The Morgan fingerprint density at radius 1 is 0.532 bits per heavy atom. The van der Waals surface area contributed by atoms with Crippen LogP contribution in [0.2, 0.25) is 0 Å². The lowest BCUT2D eigenvalue weighted by atomic mass is 10.0.